The SMILES string of the molecule is CCNC1CCCc2nc(-c3ccccc3COC)sc21. The average molecular weight is 302 g/mol. The summed E-state index contributed by atoms with van der Waals surface area (Å²) in [6.45, 7) is 3.82. The Hall–Kier alpha value is -1.23. The molecule has 0 saturated heterocycles. The van der Waals surface area contributed by atoms with Crippen molar-refractivity contribution in [2.75, 3.05) is 13.7 Å². The van der Waals surface area contributed by atoms with Crippen LogP contribution in [0.1, 0.15) is 41.9 Å². The van der Waals surface area contributed by atoms with Gasteiger partial charge in [0.05, 0.1) is 12.3 Å². The summed E-state index contributed by atoms with van der Waals surface area (Å²) in [7, 11) is 1.74. The quantitative estimate of drug-likeness (QED) is 0.908. The smallest absolute Gasteiger partial charge is 0.124 e. The molecule has 0 radical (unpaired) electrons. The largest absolute Gasteiger partial charge is 0.380 e. The number of nitrogens with one attached hydrogen (secondary N) is 1. The van der Waals surface area contributed by atoms with Crippen LogP contribution in [0.25, 0.3) is 10.6 Å². The molecule has 1 aromatic heterocycles. The first kappa shape index (κ1) is 14.7. The topological polar surface area (TPSA) is 34.2 Å². The van der Waals surface area contributed by atoms with Crippen LogP contribution in [0, 0.1) is 0 Å². The summed E-state index contributed by atoms with van der Waals surface area (Å²) in [6, 6.07) is 8.91. The molecule has 1 unspecified atom stereocenters. The maximum atomic E-state index is 5.32. The van der Waals surface area contributed by atoms with E-state index in [0.717, 1.165) is 18.0 Å². The van der Waals surface area contributed by atoms with Crippen molar-refractivity contribution in [1.29, 1.82) is 0 Å². The van der Waals surface area contributed by atoms with Gasteiger partial charge in [-0.2, -0.15) is 0 Å². The zero-order chi connectivity index (χ0) is 14.7. The minimum absolute atomic E-state index is 0.486. The molecule has 1 atom stereocenters. The summed E-state index contributed by atoms with van der Waals surface area (Å²) >= 11 is 1.85. The summed E-state index contributed by atoms with van der Waals surface area (Å²) in [5, 5.41) is 4.73. The molecular formula is C17H22N2OS. The van der Waals surface area contributed by atoms with Gasteiger partial charge in [-0.3, -0.25) is 0 Å². The standard InChI is InChI=1S/C17H22N2OS/c1-3-18-14-9-6-10-15-16(14)21-17(19-15)13-8-5-4-7-12(13)11-20-2/h4-5,7-8,14,18H,3,6,9-11H2,1-2H3. The number of hydrogen-bond acceptors (Lipinski definition) is 4. The molecule has 0 fully saturated rings. The van der Waals surface area contributed by atoms with E-state index in [1.54, 1.807) is 7.11 Å². The van der Waals surface area contributed by atoms with E-state index in [1.807, 2.05) is 11.3 Å². The lowest BCUT2D eigenvalue weighted by molar-refractivity contribution is 0.185. The van der Waals surface area contributed by atoms with Crippen molar-refractivity contribution in [2.45, 2.75) is 38.8 Å². The van der Waals surface area contributed by atoms with Crippen LogP contribution in [0.15, 0.2) is 24.3 Å². The van der Waals surface area contributed by atoms with E-state index in [0.29, 0.717) is 12.6 Å². The van der Waals surface area contributed by atoms with E-state index < -0.39 is 0 Å². The minimum atomic E-state index is 0.486. The number of ether oxygens (including phenoxy) is 1. The molecule has 21 heavy (non-hydrogen) atoms. The molecule has 0 aliphatic heterocycles. The van der Waals surface area contributed by atoms with Gasteiger partial charge in [0.25, 0.3) is 0 Å². The molecule has 3 nitrogen and oxygen atoms in total. The molecule has 1 N–H and O–H groups in total. The van der Waals surface area contributed by atoms with Gasteiger partial charge in [-0.15, -0.1) is 11.3 Å². The maximum absolute atomic E-state index is 5.32. The second-order valence-corrected chi connectivity index (χ2v) is 6.45. The highest BCUT2D eigenvalue weighted by molar-refractivity contribution is 7.15. The molecule has 0 amide bonds. The molecule has 0 spiro atoms. The van der Waals surface area contributed by atoms with E-state index >= 15 is 0 Å². The Morgan fingerprint density at radius 1 is 1.38 bits per heavy atom. The summed E-state index contributed by atoms with van der Waals surface area (Å²) < 4.78 is 5.32. The molecule has 112 valence electrons. The number of fused-ring (bicyclic) bond motifs is 1. The van der Waals surface area contributed by atoms with Crippen LogP contribution in [-0.2, 0) is 17.8 Å². The predicted molar refractivity (Wildman–Crippen MR) is 87.6 cm³/mol. The summed E-state index contributed by atoms with van der Waals surface area (Å²) in [5.41, 5.74) is 3.72. The maximum Gasteiger partial charge on any atom is 0.124 e. The van der Waals surface area contributed by atoms with E-state index in [1.165, 1.54) is 34.5 Å². The summed E-state index contributed by atoms with van der Waals surface area (Å²) in [5.74, 6) is 0. The fraction of sp³-hybridized carbons (Fsp3) is 0.471. The van der Waals surface area contributed by atoms with Crippen molar-refractivity contribution in [3.05, 3.63) is 40.4 Å². The van der Waals surface area contributed by atoms with Crippen molar-refractivity contribution >= 4 is 11.3 Å². The third-order valence-corrected chi connectivity index (χ3v) is 5.19. The molecule has 4 heteroatoms. The van der Waals surface area contributed by atoms with Crippen molar-refractivity contribution < 1.29 is 4.74 Å². The number of rotatable bonds is 5. The van der Waals surface area contributed by atoms with Crippen molar-refractivity contribution in [3.8, 4) is 10.6 Å². The summed E-state index contributed by atoms with van der Waals surface area (Å²) in [4.78, 5) is 6.35. The molecule has 0 saturated carbocycles. The lowest BCUT2D eigenvalue weighted by Gasteiger charge is -2.21. The number of nitrogens with zero attached hydrogens (tertiary/aromatic N) is 1. The monoisotopic (exact) mass is 302 g/mol. The van der Waals surface area contributed by atoms with Crippen LogP contribution in [-0.4, -0.2) is 18.6 Å². The summed E-state index contributed by atoms with van der Waals surface area (Å²) in [6.07, 6.45) is 3.57. The molecule has 1 aliphatic rings. The first-order chi connectivity index (χ1) is 10.3. The number of thiazole rings is 1. The molecule has 2 aromatic rings. The molecule has 1 aliphatic carbocycles. The predicted octanol–water partition coefficient (Wildman–Crippen LogP) is 3.94. The van der Waals surface area contributed by atoms with Gasteiger partial charge in [0.15, 0.2) is 0 Å². The minimum Gasteiger partial charge on any atom is -0.380 e. The highest BCUT2D eigenvalue weighted by Crippen LogP contribution is 2.38. The Kier molecular flexibility index (Phi) is 4.68. The average Bonchev–Trinajstić information content (AvgIpc) is 2.93. The normalized spacial score (nSPS) is 17.7. The Morgan fingerprint density at radius 3 is 3.05 bits per heavy atom. The van der Waals surface area contributed by atoms with E-state index in [2.05, 4.69) is 36.5 Å². The number of hydrogen-bond donors (Lipinski definition) is 1. The van der Waals surface area contributed by atoms with Crippen LogP contribution >= 0.6 is 11.3 Å². The first-order valence-corrected chi connectivity index (χ1v) is 8.45. The Balaban J connectivity index is 1.97. The van der Waals surface area contributed by atoms with Crippen molar-refractivity contribution in [3.63, 3.8) is 0 Å². The van der Waals surface area contributed by atoms with Gasteiger partial charge in [-0.05, 0) is 31.4 Å². The molecule has 1 aromatic carbocycles. The van der Waals surface area contributed by atoms with E-state index in [4.69, 9.17) is 9.72 Å². The molecule has 3 rings (SSSR count). The van der Waals surface area contributed by atoms with E-state index in [9.17, 15) is 0 Å². The number of aromatic nitrogens is 1. The van der Waals surface area contributed by atoms with Gasteiger partial charge in [-0.1, -0.05) is 31.2 Å². The van der Waals surface area contributed by atoms with Gasteiger partial charge in [0, 0.05) is 23.6 Å². The van der Waals surface area contributed by atoms with Crippen LogP contribution < -0.4 is 5.32 Å². The Morgan fingerprint density at radius 2 is 2.24 bits per heavy atom. The van der Waals surface area contributed by atoms with Gasteiger partial charge in [0.1, 0.15) is 5.01 Å². The van der Waals surface area contributed by atoms with E-state index in [-0.39, 0.29) is 0 Å². The third kappa shape index (κ3) is 3.03. The lowest BCUT2D eigenvalue weighted by Crippen LogP contribution is -2.23. The lowest BCUT2D eigenvalue weighted by atomic mass is 9.98. The van der Waals surface area contributed by atoms with Crippen LogP contribution in [0.3, 0.4) is 0 Å². The first-order valence-electron chi connectivity index (χ1n) is 7.63. The zero-order valence-electron chi connectivity index (χ0n) is 12.7. The highest BCUT2D eigenvalue weighted by atomic mass is 32.1. The van der Waals surface area contributed by atoms with Crippen LogP contribution in [0.5, 0.6) is 0 Å². The zero-order valence-corrected chi connectivity index (χ0v) is 13.5. The number of methoxy groups -OCH3 is 1. The Labute approximate surface area is 130 Å². The van der Waals surface area contributed by atoms with Gasteiger partial charge >= 0.3 is 0 Å². The van der Waals surface area contributed by atoms with Gasteiger partial charge in [0.2, 0.25) is 0 Å². The molecular weight excluding hydrogens is 280 g/mol. The highest BCUT2D eigenvalue weighted by Gasteiger charge is 2.24. The van der Waals surface area contributed by atoms with Crippen molar-refractivity contribution in [2.24, 2.45) is 0 Å². The number of aryl methyl sites for hydroxylation is 1. The third-order valence-electron chi connectivity index (χ3n) is 3.95. The fourth-order valence-corrected chi connectivity index (χ4v) is 4.27. The van der Waals surface area contributed by atoms with Gasteiger partial charge < -0.3 is 10.1 Å². The number of benzene rings is 1. The van der Waals surface area contributed by atoms with Gasteiger partial charge in [-0.25, -0.2) is 4.98 Å². The second-order valence-electron chi connectivity index (χ2n) is 5.42. The molecule has 0 bridgehead atoms. The Bertz CT molecular complexity index is 609. The van der Waals surface area contributed by atoms with Crippen LogP contribution in [0.4, 0.5) is 0 Å². The van der Waals surface area contributed by atoms with Crippen molar-refractivity contribution in [1.82, 2.24) is 10.3 Å². The molecule has 1 heterocycles. The second kappa shape index (κ2) is 6.69. The van der Waals surface area contributed by atoms with Crippen LogP contribution in [0.2, 0.25) is 0 Å². The fourth-order valence-electron chi connectivity index (χ4n) is 2.99.